The van der Waals surface area contributed by atoms with Crippen LogP contribution in [-0.4, -0.2) is 65.7 Å². The van der Waals surface area contributed by atoms with Crippen molar-refractivity contribution in [1.82, 2.24) is 9.80 Å². The second-order valence-electron chi connectivity index (χ2n) is 9.78. The lowest BCUT2D eigenvalue weighted by molar-refractivity contribution is -0.388. The monoisotopic (exact) mass is 566 g/mol. The fourth-order valence-electron chi connectivity index (χ4n) is 4.80. The zero-order valence-electron chi connectivity index (χ0n) is 22.9. The van der Waals surface area contributed by atoms with Crippen LogP contribution in [0.4, 0.5) is 29.3 Å². The molecule has 1 aliphatic heterocycles. The van der Waals surface area contributed by atoms with Crippen LogP contribution in [0.5, 0.6) is 0 Å². The van der Waals surface area contributed by atoms with Gasteiger partial charge in [-0.25, -0.2) is 4.79 Å². The Hall–Kier alpha value is -3.70. The second-order valence-corrected chi connectivity index (χ2v) is 9.78. The second kappa shape index (κ2) is 14.1. The van der Waals surface area contributed by atoms with Gasteiger partial charge in [0.05, 0.1) is 17.6 Å². The maximum atomic E-state index is 13.3. The Balaban J connectivity index is 1.53. The number of anilines is 1. The fraction of sp³-hybridized carbons (Fsp3) is 0.536. The molecule has 40 heavy (non-hydrogen) atoms. The molecular formula is C28H37F3N4O5. The van der Waals surface area contributed by atoms with E-state index in [0.717, 1.165) is 24.3 Å². The molecule has 0 atom stereocenters. The minimum atomic E-state index is -4.82. The SMILES string of the molecule is C=C/C(=C\C(=C/C)O[C@H]1CC[C@H](Nc2ccc([N+](=O)[O-])c(C(F)(F)F)c2)CC1)N1CCN(C(=O)OCCC)CC1. The summed E-state index contributed by atoms with van der Waals surface area (Å²) >= 11 is 0. The number of hydrogen-bond donors (Lipinski definition) is 1. The van der Waals surface area contributed by atoms with Crippen LogP contribution >= 0.6 is 0 Å². The molecule has 1 amide bonds. The van der Waals surface area contributed by atoms with Crippen LogP contribution in [0.25, 0.3) is 0 Å². The van der Waals surface area contributed by atoms with E-state index >= 15 is 0 Å². The molecule has 0 bridgehead atoms. The van der Waals surface area contributed by atoms with Crippen LogP contribution in [0, 0.1) is 10.1 Å². The van der Waals surface area contributed by atoms with E-state index < -0.39 is 22.4 Å². The van der Waals surface area contributed by atoms with E-state index in [9.17, 15) is 28.1 Å². The Morgan fingerprint density at radius 1 is 1.18 bits per heavy atom. The van der Waals surface area contributed by atoms with Gasteiger partial charge in [-0.05, 0) is 63.3 Å². The zero-order chi connectivity index (χ0) is 29.3. The van der Waals surface area contributed by atoms with Crippen LogP contribution in [0.2, 0.25) is 0 Å². The van der Waals surface area contributed by atoms with Gasteiger partial charge >= 0.3 is 12.3 Å². The zero-order valence-corrected chi connectivity index (χ0v) is 22.9. The van der Waals surface area contributed by atoms with Gasteiger partial charge in [0.15, 0.2) is 0 Å². The molecule has 0 unspecified atom stereocenters. The van der Waals surface area contributed by atoms with Crippen LogP contribution in [0.1, 0.15) is 51.5 Å². The summed E-state index contributed by atoms with van der Waals surface area (Å²) in [5, 5.41) is 14.1. The first-order chi connectivity index (χ1) is 19.0. The number of nitro groups is 1. The van der Waals surface area contributed by atoms with E-state index in [1.54, 1.807) is 11.0 Å². The van der Waals surface area contributed by atoms with Gasteiger partial charge in [-0.3, -0.25) is 10.1 Å². The van der Waals surface area contributed by atoms with E-state index in [0.29, 0.717) is 64.2 Å². The molecule has 1 N–H and O–H groups in total. The first-order valence-corrected chi connectivity index (χ1v) is 13.5. The average molecular weight is 567 g/mol. The molecule has 0 aromatic heterocycles. The molecule has 2 fully saturated rings. The van der Waals surface area contributed by atoms with Crippen LogP contribution in [0.15, 0.2) is 54.5 Å². The highest BCUT2D eigenvalue weighted by Gasteiger charge is 2.38. The molecule has 3 rings (SSSR count). The summed E-state index contributed by atoms with van der Waals surface area (Å²) in [5.41, 5.74) is -1.13. The summed E-state index contributed by atoms with van der Waals surface area (Å²) < 4.78 is 51.4. The smallest absolute Gasteiger partial charge is 0.423 e. The number of nitro benzene ring substituents is 1. The first kappa shape index (κ1) is 30.8. The minimum Gasteiger partial charge on any atom is -0.491 e. The predicted octanol–water partition coefficient (Wildman–Crippen LogP) is 6.49. The number of piperazine rings is 1. The third-order valence-electron chi connectivity index (χ3n) is 6.96. The van der Waals surface area contributed by atoms with Crippen molar-refractivity contribution < 1.29 is 32.4 Å². The lowest BCUT2D eigenvalue weighted by Crippen LogP contribution is -2.48. The van der Waals surface area contributed by atoms with Crippen molar-refractivity contribution in [2.24, 2.45) is 0 Å². The molecule has 1 aliphatic carbocycles. The number of carbonyl (C=O) groups is 1. The molecule has 1 saturated carbocycles. The first-order valence-electron chi connectivity index (χ1n) is 13.5. The van der Waals surface area contributed by atoms with Gasteiger partial charge in [0.25, 0.3) is 5.69 Å². The van der Waals surface area contributed by atoms with Crippen molar-refractivity contribution >= 4 is 17.5 Å². The van der Waals surface area contributed by atoms with Crippen molar-refractivity contribution in [1.29, 1.82) is 0 Å². The van der Waals surface area contributed by atoms with Crippen LogP contribution in [0.3, 0.4) is 0 Å². The number of halogens is 3. The predicted molar refractivity (Wildman–Crippen MR) is 146 cm³/mol. The summed E-state index contributed by atoms with van der Waals surface area (Å²) in [6.07, 6.45) is 3.93. The highest BCUT2D eigenvalue weighted by molar-refractivity contribution is 5.67. The number of carbonyl (C=O) groups excluding carboxylic acids is 1. The molecule has 12 heteroatoms. The Bertz CT molecular complexity index is 1110. The third kappa shape index (κ3) is 8.40. The summed E-state index contributed by atoms with van der Waals surface area (Å²) in [6.45, 7) is 10.6. The molecule has 1 aromatic rings. The summed E-state index contributed by atoms with van der Waals surface area (Å²) in [7, 11) is 0. The summed E-state index contributed by atoms with van der Waals surface area (Å²) in [4.78, 5) is 25.9. The van der Waals surface area contributed by atoms with E-state index in [1.807, 2.05) is 26.0 Å². The van der Waals surface area contributed by atoms with Gasteiger partial charge in [-0.1, -0.05) is 13.5 Å². The lowest BCUT2D eigenvalue weighted by Gasteiger charge is -2.36. The molecule has 1 aromatic carbocycles. The number of ether oxygens (including phenoxy) is 2. The third-order valence-corrected chi connectivity index (χ3v) is 6.96. The van der Waals surface area contributed by atoms with Gasteiger partial charge in [0.1, 0.15) is 11.3 Å². The number of benzene rings is 1. The van der Waals surface area contributed by atoms with Gasteiger partial charge in [0, 0.05) is 55.7 Å². The van der Waals surface area contributed by atoms with Gasteiger partial charge in [0.2, 0.25) is 0 Å². The highest BCUT2D eigenvalue weighted by Crippen LogP contribution is 2.38. The number of nitrogens with zero attached hydrogens (tertiary/aromatic N) is 3. The number of amides is 1. The highest BCUT2D eigenvalue weighted by atomic mass is 19.4. The maximum Gasteiger partial charge on any atom is 0.423 e. The van der Waals surface area contributed by atoms with Crippen LogP contribution in [-0.2, 0) is 15.7 Å². The fourth-order valence-corrected chi connectivity index (χ4v) is 4.80. The van der Waals surface area contributed by atoms with Crippen molar-refractivity contribution in [3.05, 3.63) is 70.1 Å². The van der Waals surface area contributed by atoms with Crippen molar-refractivity contribution in [2.75, 3.05) is 38.1 Å². The molecule has 0 spiro atoms. The van der Waals surface area contributed by atoms with Crippen molar-refractivity contribution in [3.8, 4) is 0 Å². The number of alkyl halides is 3. The largest absolute Gasteiger partial charge is 0.491 e. The quantitative estimate of drug-likeness (QED) is 0.150. The van der Waals surface area contributed by atoms with E-state index in [-0.39, 0.29) is 23.9 Å². The number of hydrogen-bond acceptors (Lipinski definition) is 7. The van der Waals surface area contributed by atoms with Crippen LogP contribution < -0.4 is 5.32 Å². The summed E-state index contributed by atoms with van der Waals surface area (Å²) in [5.74, 6) is 0.696. The van der Waals surface area contributed by atoms with E-state index in [4.69, 9.17) is 9.47 Å². The van der Waals surface area contributed by atoms with Gasteiger partial charge in [-0.2, -0.15) is 13.2 Å². The molecule has 2 aliphatic rings. The van der Waals surface area contributed by atoms with E-state index in [1.165, 1.54) is 6.07 Å². The lowest BCUT2D eigenvalue weighted by atomic mass is 9.92. The normalized spacial score (nSPS) is 20.6. The Morgan fingerprint density at radius 2 is 1.82 bits per heavy atom. The number of nitrogens with one attached hydrogen (secondary N) is 1. The van der Waals surface area contributed by atoms with Crippen molar-refractivity contribution in [3.63, 3.8) is 0 Å². The standard InChI is InChI=1S/C28H37F3N4O5/c1-4-17-39-27(36)34-15-13-33(14-16-34)22(5-2)19-23(6-3)40-24-10-7-20(8-11-24)32-21-9-12-26(35(37)38)25(18-21)28(29,30)31/h5-6,9,12,18-20,24,32H,2,4,7-8,10-11,13-17H2,1,3H3/b22-19+,23-6+/t20-,24-. The van der Waals surface area contributed by atoms with Gasteiger partial charge < -0.3 is 24.6 Å². The van der Waals surface area contributed by atoms with Crippen molar-refractivity contribution in [2.45, 2.75) is 64.3 Å². The number of allylic oxidation sites excluding steroid dienone is 3. The average Bonchev–Trinajstić information content (AvgIpc) is 2.94. The molecule has 0 radical (unpaired) electrons. The Kier molecular flexibility index (Phi) is 10.9. The molecule has 9 nitrogen and oxygen atoms in total. The maximum absolute atomic E-state index is 13.3. The summed E-state index contributed by atoms with van der Waals surface area (Å²) in [6, 6.07) is 2.92. The topological polar surface area (TPSA) is 97.2 Å². The Morgan fingerprint density at radius 3 is 2.38 bits per heavy atom. The molecule has 1 heterocycles. The van der Waals surface area contributed by atoms with E-state index in [2.05, 4.69) is 16.8 Å². The Labute approximate surface area is 232 Å². The molecular weight excluding hydrogens is 529 g/mol. The number of rotatable bonds is 10. The minimum absolute atomic E-state index is 0.0562. The van der Waals surface area contributed by atoms with Gasteiger partial charge in [-0.15, -0.1) is 0 Å². The molecule has 1 saturated heterocycles. The molecule has 220 valence electrons.